The summed E-state index contributed by atoms with van der Waals surface area (Å²) >= 11 is 1.77. The van der Waals surface area contributed by atoms with E-state index in [-0.39, 0.29) is 6.29 Å². The number of hydrogen-bond acceptors (Lipinski definition) is 3. The molecule has 1 aromatic rings. The van der Waals surface area contributed by atoms with Crippen LogP contribution < -0.4 is 0 Å². The van der Waals surface area contributed by atoms with Gasteiger partial charge in [-0.2, -0.15) is 0 Å². The third-order valence-electron chi connectivity index (χ3n) is 1.82. The molecule has 0 unspecified atom stereocenters. The van der Waals surface area contributed by atoms with Crippen LogP contribution in [-0.4, -0.2) is 25.3 Å². The Morgan fingerprint density at radius 2 is 1.85 bits per heavy atom. The Morgan fingerprint density at radius 3 is 2.54 bits per heavy atom. The molecule has 3 heteroatoms. The van der Waals surface area contributed by atoms with Crippen LogP contribution in [0, 0.1) is 0 Å². The number of thioether (sulfide) groups is 1. The second-order valence-electron chi connectivity index (χ2n) is 2.80. The molecule has 1 saturated heterocycles. The van der Waals surface area contributed by atoms with Gasteiger partial charge in [0, 0.05) is 10.6 Å². The first-order valence-electron chi connectivity index (χ1n) is 4.36. The molecule has 1 heterocycles. The summed E-state index contributed by atoms with van der Waals surface area (Å²) in [6.07, 6.45) is -0.00907. The van der Waals surface area contributed by atoms with Crippen LogP contribution in [0.2, 0.25) is 0 Å². The molecule has 0 bridgehead atoms. The lowest BCUT2D eigenvalue weighted by molar-refractivity contribution is -0.0214. The molecule has 0 radical (unpaired) electrons. The van der Waals surface area contributed by atoms with E-state index < -0.39 is 0 Å². The molecule has 2 rings (SSSR count). The van der Waals surface area contributed by atoms with Gasteiger partial charge < -0.3 is 9.47 Å². The van der Waals surface area contributed by atoms with Crippen LogP contribution in [0.15, 0.2) is 35.2 Å². The molecule has 0 aliphatic carbocycles. The van der Waals surface area contributed by atoms with Crippen molar-refractivity contribution in [3.63, 3.8) is 0 Å². The normalized spacial score (nSPS) is 17.8. The van der Waals surface area contributed by atoms with Crippen molar-refractivity contribution in [3.05, 3.63) is 30.3 Å². The van der Waals surface area contributed by atoms with Gasteiger partial charge in [0.25, 0.3) is 0 Å². The van der Waals surface area contributed by atoms with E-state index in [9.17, 15) is 0 Å². The lowest BCUT2D eigenvalue weighted by atomic mass is 10.4. The highest BCUT2D eigenvalue weighted by Crippen LogP contribution is 2.20. The monoisotopic (exact) mass is 196 g/mol. The summed E-state index contributed by atoms with van der Waals surface area (Å²) in [5.74, 6) is 0.879. The predicted molar refractivity (Wildman–Crippen MR) is 52.9 cm³/mol. The fraction of sp³-hybridized carbons (Fsp3) is 0.400. The molecule has 0 aromatic heterocycles. The molecule has 1 fully saturated rings. The van der Waals surface area contributed by atoms with Crippen LogP contribution in [0.5, 0.6) is 0 Å². The number of hydrogen-bond donors (Lipinski definition) is 0. The van der Waals surface area contributed by atoms with E-state index in [0.717, 1.165) is 19.0 Å². The molecule has 0 amide bonds. The highest BCUT2D eigenvalue weighted by molar-refractivity contribution is 7.99. The van der Waals surface area contributed by atoms with Gasteiger partial charge in [0.2, 0.25) is 0 Å². The van der Waals surface area contributed by atoms with E-state index in [0.29, 0.717) is 0 Å². The summed E-state index contributed by atoms with van der Waals surface area (Å²) in [5.41, 5.74) is 0. The van der Waals surface area contributed by atoms with E-state index in [1.54, 1.807) is 11.8 Å². The van der Waals surface area contributed by atoms with Crippen molar-refractivity contribution in [2.75, 3.05) is 19.0 Å². The Hall–Kier alpha value is -0.510. The lowest BCUT2D eigenvalue weighted by Gasteiger charge is -2.07. The summed E-state index contributed by atoms with van der Waals surface area (Å²) < 4.78 is 10.7. The summed E-state index contributed by atoms with van der Waals surface area (Å²) in [4.78, 5) is 1.27. The van der Waals surface area contributed by atoms with Crippen molar-refractivity contribution in [2.24, 2.45) is 0 Å². The molecule has 1 aliphatic heterocycles. The number of rotatable bonds is 3. The first kappa shape index (κ1) is 9.06. The molecule has 0 N–H and O–H groups in total. The maximum Gasteiger partial charge on any atom is 0.167 e. The quantitative estimate of drug-likeness (QED) is 0.690. The minimum atomic E-state index is -0.00907. The van der Waals surface area contributed by atoms with E-state index in [4.69, 9.17) is 9.47 Å². The third kappa shape index (κ3) is 2.72. The molecular weight excluding hydrogens is 184 g/mol. The van der Waals surface area contributed by atoms with Crippen LogP contribution in [0.4, 0.5) is 0 Å². The predicted octanol–water partition coefficient (Wildman–Crippen LogP) is 2.15. The topological polar surface area (TPSA) is 18.5 Å². The molecule has 70 valence electrons. The van der Waals surface area contributed by atoms with E-state index >= 15 is 0 Å². The van der Waals surface area contributed by atoms with Gasteiger partial charge in [-0.1, -0.05) is 18.2 Å². The van der Waals surface area contributed by atoms with Crippen molar-refractivity contribution in [1.82, 2.24) is 0 Å². The van der Waals surface area contributed by atoms with Crippen molar-refractivity contribution in [1.29, 1.82) is 0 Å². The summed E-state index contributed by atoms with van der Waals surface area (Å²) in [7, 11) is 0. The fourth-order valence-electron chi connectivity index (χ4n) is 1.18. The first-order valence-corrected chi connectivity index (χ1v) is 5.35. The average Bonchev–Trinajstić information content (AvgIpc) is 2.69. The van der Waals surface area contributed by atoms with Gasteiger partial charge in [0.1, 0.15) is 0 Å². The van der Waals surface area contributed by atoms with Crippen LogP contribution in [0.1, 0.15) is 0 Å². The van der Waals surface area contributed by atoms with Gasteiger partial charge in [-0.05, 0) is 12.1 Å². The van der Waals surface area contributed by atoms with E-state index in [1.807, 2.05) is 18.2 Å². The Kier molecular flexibility index (Phi) is 3.24. The molecule has 1 aliphatic rings. The third-order valence-corrected chi connectivity index (χ3v) is 2.86. The zero-order valence-corrected chi connectivity index (χ0v) is 8.13. The van der Waals surface area contributed by atoms with Crippen molar-refractivity contribution in [3.8, 4) is 0 Å². The van der Waals surface area contributed by atoms with Crippen LogP contribution in [-0.2, 0) is 9.47 Å². The Bertz CT molecular complexity index is 244. The maximum absolute atomic E-state index is 5.33. The van der Waals surface area contributed by atoms with Gasteiger partial charge in [0.15, 0.2) is 6.29 Å². The largest absolute Gasteiger partial charge is 0.349 e. The van der Waals surface area contributed by atoms with Crippen LogP contribution in [0.3, 0.4) is 0 Å². The smallest absolute Gasteiger partial charge is 0.167 e. The molecule has 0 spiro atoms. The summed E-state index contributed by atoms with van der Waals surface area (Å²) in [5, 5.41) is 0. The van der Waals surface area contributed by atoms with Crippen molar-refractivity contribution in [2.45, 2.75) is 11.2 Å². The maximum atomic E-state index is 5.33. The Morgan fingerprint density at radius 1 is 1.15 bits per heavy atom. The van der Waals surface area contributed by atoms with E-state index in [1.165, 1.54) is 4.90 Å². The van der Waals surface area contributed by atoms with Gasteiger partial charge in [-0.15, -0.1) is 11.8 Å². The Balaban J connectivity index is 1.79. The minimum absolute atomic E-state index is 0.00907. The Labute approximate surface area is 82.2 Å². The molecule has 13 heavy (non-hydrogen) atoms. The second kappa shape index (κ2) is 4.65. The summed E-state index contributed by atoms with van der Waals surface area (Å²) in [6, 6.07) is 10.3. The van der Waals surface area contributed by atoms with Gasteiger partial charge in [0.05, 0.1) is 13.2 Å². The van der Waals surface area contributed by atoms with Crippen molar-refractivity contribution >= 4 is 11.8 Å². The average molecular weight is 196 g/mol. The molecule has 1 aromatic carbocycles. The molecular formula is C10H12O2S. The minimum Gasteiger partial charge on any atom is -0.349 e. The van der Waals surface area contributed by atoms with Gasteiger partial charge in [-0.25, -0.2) is 0 Å². The first-order chi connectivity index (χ1) is 6.45. The SMILES string of the molecule is c1ccc(SCC2OCCO2)cc1. The van der Waals surface area contributed by atoms with E-state index in [2.05, 4.69) is 12.1 Å². The highest BCUT2D eigenvalue weighted by atomic mass is 32.2. The zero-order valence-electron chi connectivity index (χ0n) is 7.31. The van der Waals surface area contributed by atoms with Crippen LogP contribution in [0.25, 0.3) is 0 Å². The van der Waals surface area contributed by atoms with Gasteiger partial charge >= 0.3 is 0 Å². The number of benzene rings is 1. The van der Waals surface area contributed by atoms with Crippen molar-refractivity contribution < 1.29 is 9.47 Å². The zero-order chi connectivity index (χ0) is 8.93. The molecule has 2 nitrogen and oxygen atoms in total. The second-order valence-corrected chi connectivity index (χ2v) is 3.89. The fourth-order valence-corrected chi connectivity index (χ4v) is 2.06. The summed E-state index contributed by atoms with van der Waals surface area (Å²) in [6.45, 7) is 1.47. The van der Waals surface area contributed by atoms with Gasteiger partial charge in [-0.3, -0.25) is 0 Å². The van der Waals surface area contributed by atoms with Crippen LogP contribution >= 0.6 is 11.8 Å². The molecule has 0 saturated carbocycles. The number of ether oxygens (including phenoxy) is 2. The standard InChI is InChI=1S/C10H12O2S/c1-2-4-9(5-3-1)13-8-10-11-6-7-12-10/h1-5,10H,6-8H2. The molecule has 0 atom stereocenters. The lowest BCUT2D eigenvalue weighted by Crippen LogP contribution is -2.10. The highest BCUT2D eigenvalue weighted by Gasteiger charge is 2.15.